The summed E-state index contributed by atoms with van der Waals surface area (Å²) in [5, 5.41) is 4.96. The summed E-state index contributed by atoms with van der Waals surface area (Å²) in [6.45, 7) is 2.51. The smallest absolute Gasteiger partial charge is 0.247 e. The Morgan fingerprint density at radius 1 is 1.03 bits per heavy atom. The second-order valence-electron chi connectivity index (χ2n) is 8.24. The largest absolute Gasteiger partial charge is 0.497 e. The maximum Gasteiger partial charge on any atom is 0.247 e. The molecule has 7 heteroatoms. The number of furan rings is 1. The number of thiophene rings is 1. The van der Waals surface area contributed by atoms with Gasteiger partial charge in [0.05, 0.1) is 26.3 Å². The first-order valence-electron chi connectivity index (χ1n) is 11.3. The van der Waals surface area contributed by atoms with Crippen molar-refractivity contribution in [2.24, 2.45) is 0 Å². The fourth-order valence-corrected chi connectivity index (χ4v) is 4.50. The fraction of sp³-hybridized carbons (Fsp3) is 0.214. The maximum absolute atomic E-state index is 13.6. The predicted molar refractivity (Wildman–Crippen MR) is 136 cm³/mol. The Kier molecular flexibility index (Phi) is 8.00. The molecule has 4 aromatic rings. The summed E-state index contributed by atoms with van der Waals surface area (Å²) in [5.74, 6) is 0.968. The van der Waals surface area contributed by atoms with Gasteiger partial charge in [-0.3, -0.25) is 9.59 Å². The van der Waals surface area contributed by atoms with Gasteiger partial charge in [-0.1, -0.05) is 48.0 Å². The van der Waals surface area contributed by atoms with Crippen molar-refractivity contribution in [3.8, 4) is 5.75 Å². The Balaban J connectivity index is 1.63. The molecule has 180 valence electrons. The Hall–Kier alpha value is -3.84. The molecule has 0 aliphatic heterocycles. The van der Waals surface area contributed by atoms with E-state index in [2.05, 4.69) is 5.32 Å². The van der Waals surface area contributed by atoms with Gasteiger partial charge in [-0.15, -0.1) is 11.3 Å². The number of benzene rings is 2. The molecule has 1 atom stereocenters. The lowest BCUT2D eigenvalue weighted by molar-refractivity contribution is -0.141. The minimum Gasteiger partial charge on any atom is -0.497 e. The lowest BCUT2D eigenvalue weighted by atomic mass is 10.0. The van der Waals surface area contributed by atoms with E-state index in [-0.39, 0.29) is 24.8 Å². The van der Waals surface area contributed by atoms with E-state index < -0.39 is 6.04 Å². The van der Waals surface area contributed by atoms with Crippen LogP contribution >= 0.6 is 11.3 Å². The van der Waals surface area contributed by atoms with Crippen LogP contribution in [0.2, 0.25) is 0 Å². The Morgan fingerprint density at radius 2 is 1.80 bits per heavy atom. The van der Waals surface area contributed by atoms with Gasteiger partial charge in [0.15, 0.2) is 0 Å². The van der Waals surface area contributed by atoms with Gasteiger partial charge in [0.2, 0.25) is 11.8 Å². The number of methoxy groups -OCH3 is 1. The molecule has 0 unspecified atom stereocenters. The first-order chi connectivity index (χ1) is 17.0. The molecule has 2 amide bonds. The summed E-state index contributed by atoms with van der Waals surface area (Å²) in [4.78, 5) is 29.8. The van der Waals surface area contributed by atoms with Crippen LogP contribution in [0, 0.1) is 6.92 Å². The van der Waals surface area contributed by atoms with Crippen molar-refractivity contribution in [1.82, 2.24) is 10.2 Å². The topological polar surface area (TPSA) is 71.8 Å². The van der Waals surface area contributed by atoms with E-state index in [0.717, 1.165) is 27.3 Å². The molecule has 6 nitrogen and oxygen atoms in total. The Labute approximate surface area is 209 Å². The van der Waals surface area contributed by atoms with E-state index in [1.54, 1.807) is 24.3 Å². The molecule has 2 aromatic heterocycles. The Morgan fingerprint density at radius 3 is 2.43 bits per heavy atom. The van der Waals surface area contributed by atoms with Gasteiger partial charge in [0, 0.05) is 11.4 Å². The molecule has 2 heterocycles. The van der Waals surface area contributed by atoms with Crippen molar-refractivity contribution in [3.63, 3.8) is 0 Å². The van der Waals surface area contributed by atoms with Crippen molar-refractivity contribution in [1.29, 1.82) is 0 Å². The summed E-state index contributed by atoms with van der Waals surface area (Å²) in [6.07, 6.45) is 1.79. The lowest BCUT2D eigenvalue weighted by Gasteiger charge is -2.31. The molecule has 0 saturated carbocycles. The molecule has 0 radical (unpaired) electrons. The van der Waals surface area contributed by atoms with Crippen LogP contribution in [0.25, 0.3) is 0 Å². The second kappa shape index (κ2) is 11.5. The van der Waals surface area contributed by atoms with Crippen LogP contribution in [0.3, 0.4) is 0 Å². The van der Waals surface area contributed by atoms with Gasteiger partial charge in [0.25, 0.3) is 0 Å². The highest BCUT2D eigenvalue weighted by Gasteiger charge is 2.32. The van der Waals surface area contributed by atoms with E-state index in [1.807, 2.05) is 79.0 Å². The molecule has 0 spiro atoms. The number of amides is 2. The average Bonchev–Trinajstić information content (AvgIpc) is 3.58. The van der Waals surface area contributed by atoms with Gasteiger partial charge in [0.1, 0.15) is 17.6 Å². The van der Waals surface area contributed by atoms with Crippen molar-refractivity contribution >= 4 is 23.2 Å². The van der Waals surface area contributed by atoms with Crippen LogP contribution in [-0.4, -0.2) is 23.8 Å². The number of carbonyl (C=O) groups is 2. The van der Waals surface area contributed by atoms with Crippen LogP contribution in [0.4, 0.5) is 0 Å². The van der Waals surface area contributed by atoms with E-state index in [1.165, 1.54) is 11.3 Å². The fourth-order valence-electron chi connectivity index (χ4n) is 3.81. The summed E-state index contributed by atoms with van der Waals surface area (Å²) in [5.41, 5.74) is 2.76. The molecule has 0 fully saturated rings. The first kappa shape index (κ1) is 24.3. The zero-order valence-corrected chi connectivity index (χ0v) is 20.6. The van der Waals surface area contributed by atoms with E-state index in [4.69, 9.17) is 9.15 Å². The lowest BCUT2D eigenvalue weighted by Crippen LogP contribution is -2.43. The van der Waals surface area contributed by atoms with Crippen molar-refractivity contribution < 1.29 is 18.7 Å². The Bertz CT molecular complexity index is 1220. The highest BCUT2D eigenvalue weighted by Crippen LogP contribution is 2.26. The van der Waals surface area contributed by atoms with Gasteiger partial charge >= 0.3 is 0 Å². The average molecular weight is 489 g/mol. The minimum absolute atomic E-state index is 0.144. The normalized spacial score (nSPS) is 11.6. The molecule has 4 rings (SSSR count). The summed E-state index contributed by atoms with van der Waals surface area (Å²) >= 11 is 1.52. The summed E-state index contributed by atoms with van der Waals surface area (Å²) < 4.78 is 10.8. The van der Waals surface area contributed by atoms with Gasteiger partial charge < -0.3 is 19.4 Å². The third kappa shape index (κ3) is 6.39. The van der Waals surface area contributed by atoms with Crippen molar-refractivity contribution in [2.75, 3.05) is 7.11 Å². The van der Waals surface area contributed by atoms with Crippen molar-refractivity contribution in [3.05, 3.63) is 112 Å². The second-order valence-corrected chi connectivity index (χ2v) is 9.27. The maximum atomic E-state index is 13.6. The first-order valence-corrected chi connectivity index (χ1v) is 12.2. The highest BCUT2D eigenvalue weighted by atomic mass is 32.1. The van der Waals surface area contributed by atoms with Gasteiger partial charge in [-0.05, 0) is 53.8 Å². The molecule has 0 bridgehead atoms. The molecule has 1 N–H and O–H groups in total. The quantitative estimate of drug-likeness (QED) is 0.329. The van der Waals surface area contributed by atoms with Crippen LogP contribution in [0.1, 0.15) is 33.4 Å². The number of aryl methyl sites for hydroxylation is 1. The van der Waals surface area contributed by atoms with Gasteiger partial charge in [-0.25, -0.2) is 0 Å². The van der Waals surface area contributed by atoms with E-state index >= 15 is 0 Å². The monoisotopic (exact) mass is 488 g/mol. The zero-order chi connectivity index (χ0) is 24.6. The number of carbonyl (C=O) groups excluding carboxylic acids is 2. The number of nitrogens with zero attached hydrogens (tertiary/aromatic N) is 1. The predicted octanol–water partition coefficient (Wildman–Crippen LogP) is 5.29. The number of hydrogen-bond donors (Lipinski definition) is 1. The summed E-state index contributed by atoms with van der Waals surface area (Å²) in [7, 11) is 1.61. The minimum atomic E-state index is -0.814. The standard InChI is InChI=1S/C28H28N2O4S/c1-20-7-11-22(12-8-20)27(28(32)29-18-21-9-13-23(33-2)14-10-21)30(19-24-5-3-15-34-24)26(31)17-25-6-4-16-35-25/h3-16,27H,17-19H2,1-2H3,(H,29,32)/t27-/m1/s1. The molecule has 0 aliphatic carbocycles. The van der Waals surface area contributed by atoms with Crippen LogP contribution in [-0.2, 0) is 29.1 Å². The van der Waals surface area contributed by atoms with Gasteiger partial charge in [-0.2, -0.15) is 0 Å². The molecule has 0 aliphatic rings. The highest BCUT2D eigenvalue weighted by molar-refractivity contribution is 7.10. The van der Waals surface area contributed by atoms with E-state index in [9.17, 15) is 9.59 Å². The van der Waals surface area contributed by atoms with E-state index in [0.29, 0.717) is 12.3 Å². The molecular formula is C28H28N2O4S. The van der Waals surface area contributed by atoms with Crippen LogP contribution in [0.5, 0.6) is 5.75 Å². The molecular weight excluding hydrogens is 460 g/mol. The number of rotatable bonds is 10. The number of hydrogen-bond acceptors (Lipinski definition) is 5. The van der Waals surface area contributed by atoms with Crippen LogP contribution < -0.4 is 10.1 Å². The summed E-state index contributed by atoms with van der Waals surface area (Å²) in [6, 6.07) is 21.9. The zero-order valence-electron chi connectivity index (χ0n) is 19.8. The molecule has 2 aromatic carbocycles. The molecule has 35 heavy (non-hydrogen) atoms. The van der Waals surface area contributed by atoms with Crippen LogP contribution in [0.15, 0.2) is 88.9 Å². The third-order valence-electron chi connectivity index (χ3n) is 5.71. The number of ether oxygens (including phenoxy) is 1. The van der Waals surface area contributed by atoms with Crippen molar-refractivity contribution in [2.45, 2.75) is 32.5 Å². The SMILES string of the molecule is COc1ccc(CNC(=O)[C@@H](c2ccc(C)cc2)N(Cc2ccco2)C(=O)Cc2cccs2)cc1. The number of nitrogens with one attached hydrogen (secondary N) is 1. The third-order valence-corrected chi connectivity index (χ3v) is 6.59. The molecule has 0 saturated heterocycles.